The molecule has 0 aliphatic carbocycles. The molecule has 1 aromatic carbocycles. The minimum absolute atomic E-state index is 0.0310. The topological polar surface area (TPSA) is 79.6 Å². The third-order valence-electron chi connectivity index (χ3n) is 3.23. The van der Waals surface area contributed by atoms with Crippen LogP contribution in [-0.4, -0.2) is 50.3 Å². The number of rotatable bonds is 3. The second-order valence-corrected chi connectivity index (χ2v) is 4.42. The van der Waals surface area contributed by atoms with Crippen LogP contribution in [-0.2, 0) is 0 Å². The number of carbonyl (C=O) groups is 1. The van der Waals surface area contributed by atoms with Crippen molar-refractivity contribution in [2.75, 3.05) is 38.6 Å². The van der Waals surface area contributed by atoms with Gasteiger partial charge in [0, 0.05) is 26.2 Å². The fourth-order valence-corrected chi connectivity index (χ4v) is 2.17. The lowest BCUT2D eigenvalue weighted by molar-refractivity contribution is 0.173. The number of para-hydroxylation sites is 2. The number of nitrogens with zero attached hydrogens (tertiary/aromatic N) is 1. The first-order chi connectivity index (χ1) is 9.26. The first-order valence-electron chi connectivity index (χ1n) is 6.37. The molecule has 0 saturated carbocycles. The molecule has 6 nitrogen and oxygen atoms in total. The summed E-state index contributed by atoms with van der Waals surface area (Å²) in [4.78, 5) is 14.0. The molecule has 19 heavy (non-hydrogen) atoms. The Morgan fingerprint density at radius 2 is 2.37 bits per heavy atom. The number of benzene rings is 1. The van der Waals surface area contributed by atoms with Crippen LogP contribution in [0, 0.1) is 0 Å². The second-order valence-electron chi connectivity index (χ2n) is 4.42. The molecule has 1 unspecified atom stereocenters. The van der Waals surface area contributed by atoms with Crippen molar-refractivity contribution in [3.8, 4) is 5.75 Å². The molecule has 4 N–H and O–H groups in total. The van der Waals surface area contributed by atoms with Crippen LogP contribution in [0.2, 0.25) is 0 Å². The predicted octanol–water partition coefficient (Wildman–Crippen LogP) is 0.460. The summed E-state index contributed by atoms with van der Waals surface area (Å²) in [5.74, 6) is 0.648. The van der Waals surface area contributed by atoms with Gasteiger partial charge >= 0.3 is 6.03 Å². The normalized spacial score (nSPS) is 19.1. The van der Waals surface area contributed by atoms with Gasteiger partial charge in [0.1, 0.15) is 5.75 Å². The summed E-state index contributed by atoms with van der Waals surface area (Å²) in [5, 5.41) is 6.10. The van der Waals surface area contributed by atoms with Gasteiger partial charge < -0.3 is 26.0 Å². The first kappa shape index (κ1) is 13.6. The van der Waals surface area contributed by atoms with E-state index in [1.54, 1.807) is 12.0 Å². The molecular formula is C13H20N4O2. The number of nitrogens with one attached hydrogen (secondary N) is 2. The van der Waals surface area contributed by atoms with E-state index >= 15 is 0 Å². The molecule has 1 aliphatic heterocycles. The molecule has 0 bridgehead atoms. The first-order valence-corrected chi connectivity index (χ1v) is 6.37. The van der Waals surface area contributed by atoms with Crippen LogP contribution in [0.3, 0.4) is 0 Å². The highest BCUT2D eigenvalue weighted by Crippen LogP contribution is 2.23. The lowest BCUT2D eigenvalue weighted by Gasteiger charge is -2.35. The molecule has 0 aromatic heterocycles. The summed E-state index contributed by atoms with van der Waals surface area (Å²) in [5.41, 5.74) is 6.37. The molecule has 2 amide bonds. The standard InChI is InChI=1S/C13H20N4O2/c1-19-12-5-3-2-4-11(12)16-13(18)17-7-6-15-9-10(17)8-14/h2-5,10,15H,6-9,14H2,1H3,(H,16,18). The highest BCUT2D eigenvalue weighted by atomic mass is 16.5. The van der Waals surface area contributed by atoms with E-state index in [4.69, 9.17) is 10.5 Å². The van der Waals surface area contributed by atoms with Gasteiger partial charge in [0.25, 0.3) is 0 Å². The quantitative estimate of drug-likeness (QED) is 0.741. The monoisotopic (exact) mass is 264 g/mol. The van der Waals surface area contributed by atoms with Crippen LogP contribution in [0.15, 0.2) is 24.3 Å². The van der Waals surface area contributed by atoms with E-state index in [9.17, 15) is 4.79 Å². The lowest BCUT2D eigenvalue weighted by atomic mass is 10.2. The molecule has 0 radical (unpaired) electrons. The van der Waals surface area contributed by atoms with Crippen LogP contribution in [0.1, 0.15) is 0 Å². The molecule has 1 aromatic rings. The zero-order valence-electron chi connectivity index (χ0n) is 11.1. The summed E-state index contributed by atoms with van der Waals surface area (Å²) >= 11 is 0. The molecule has 1 fully saturated rings. The number of ether oxygens (including phenoxy) is 1. The SMILES string of the molecule is COc1ccccc1NC(=O)N1CCNCC1CN. The molecule has 1 saturated heterocycles. The zero-order chi connectivity index (χ0) is 13.7. The van der Waals surface area contributed by atoms with Crippen molar-refractivity contribution >= 4 is 11.7 Å². The number of piperazine rings is 1. The summed E-state index contributed by atoms with van der Waals surface area (Å²) in [6, 6.07) is 7.24. The van der Waals surface area contributed by atoms with Crippen molar-refractivity contribution in [1.29, 1.82) is 0 Å². The average molecular weight is 264 g/mol. The van der Waals surface area contributed by atoms with Crippen molar-refractivity contribution in [2.24, 2.45) is 5.73 Å². The van der Waals surface area contributed by atoms with Gasteiger partial charge in [0.05, 0.1) is 18.8 Å². The smallest absolute Gasteiger partial charge is 0.322 e. The maximum atomic E-state index is 12.3. The van der Waals surface area contributed by atoms with Gasteiger partial charge in [-0.1, -0.05) is 12.1 Å². The van der Waals surface area contributed by atoms with Crippen molar-refractivity contribution < 1.29 is 9.53 Å². The summed E-state index contributed by atoms with van der Waals surface area (Å²) in [6.07, 6.45) is 0. The molecule has 1 heterocycles. The Morgan fingerprint density at radius 1 is 1.58 bits per heavy atom. The highest BCUT2D eigenvalue weighted by molar-refractivity contribution is 5.91. The van der Waals surface area contributed by atoms with Crippen molar-refractivity contribution in [3.63, 3.8) is 0 Å². The van der Waals surface area contributed by atoms with E-state index in [1.807, 2.05) is 24.3 Å². The number of amides is 2. The van der Waals surface area contributed by atoms with E-state index in [0.29, 0.717) is 24.5 Å². The van der Waals surface area contributed by atoms with Gasteiger partial charge in [-0.05, 0) is 12.1 Å². The van der Waals surface area contributed by atoms with E-state index in [0.717, 1.165) is 13.1 Å². The van der Waals surface area contributed by atoms with E-state index in [1.165, 1.54) is 0 Å². The Kier molecular flexibility index (Phi) is 4.59. The maximum absolute atomic E-state index is 12.3. The number of hydrogen-bond acceptors (Lipinski definition) is 4. The molecule has 1 atom stereocenters. The van der Waals surface area contributed by atoms with Crippen molar-refractivity contribution in [2.45, 2.75) is 6.04 Å². The van der Waals surface area contributed by atoms with Gasteiger partial charge in [-0.2, -0.15) is 0 Å². The molecule has 1 aliphatic rings. The van der Waals surface area contributed by atoms with E-state index in [2.05, 4.69) is 10.6 Å². The third-order valence-corrected chi connectivity index (χ3v) is 3.23. The van der Waals surface area contributed by atoms with Gasteiger partial charge in [-0.15, -0.1) is 0 Å². The molecule has 2 rings (SSSR count). The minimum Gasteiger partial charge on any atom is -0.495 e. The van der Waals surface area contributed by atoms with Gasteiger partial charge in [-0.25, -0.2) is 4.79 Å². The Bertz CT molecular complexity index is 438. The largest absolute Gasteiger partial charge is 0.495 e. The van der Waals surface area contributed by atoms with E-state index in [-0.39, 0.29) is 12.1 Å². The van der Waals surface area contributed by atoms with Crippen LogP contribution < -0.4 is 21.1 Å². The number of urea groups is 1. The lowest BCUT2D eigenvalue weighted by Crippen LogP contribution is -2.57. The van der Waals surface area contributed by atoms with Gasteiger partial charge in [-0.3, -0.25) is 0 Å². The Labute approximate surface area is 112 Å². The van der Waals surface area contributed by atoms with Crippen LogP contribution in [0.5, 0.6) is 5.75 Å². The summed E-state index contributed by atoms with van der Waals surface area (Å²) < 4.78 is 5.22. The molecule has 104 valence electrons. The highest BCUT2D eigenvalue weighted by Gasteiger charge is 2.25. The maximum Gasteiger partial charge on any atom is 0.322 e. The Hall–Kier alpha value is -1.79. The Morgan fingerprint density at radius 3 is 3.11 bits per heavy atom. The second kappa shape index (κ2) is 6.40. The molecule has 6 heteroatoms. The fraction of sp³-hybridized carbons (Fsp3) is 0.462. The zero-order valence-corrected chi connectivity index (χ0v) is 11.1. The van der Waals surface area contributed by atoms with Gasteiger partial charge in [0.15, 0.2) is 0 Å². The van der Waals surface area contributed by atoms with E-state index < -0.39 is 0 Å². The van der Waals surface area contributed by atoms with Gasteiger partial charge in [0.2, 0.25) is 0 Å². The average Bonchev–Trinajstić information content (AvgIpc) is 2.47. The van der Waals surface area contributed by atoms with Crippen LogP contribution >= 0.6 is 0 Å². The van der Waals surface area contributed by atoms with Crippen LogP contribution in [0.25, 0.3) is 0 Å². The minimum atomic E-state index is -0.138. The molecule has 0 spiro atoms. The number of anilines is 1. The van der Waals surface area contributed by atoms with Crippen molar-refractivity contribution in [1.82, 2.24) is 10.2 Å². The van der Waals surface area contributed by atoms with Crippen molar-refractivity contribution in [3.05, 3.63) is 24.3 Å². The fourth-order valence-electron chi connectivity index (χ4n) is 2.17. The summed E-state index contributed by atoms with van der Waals surface area (Å²) in [6.45, 7) is 2.63. The number of nitrogens with two attached hydrogens (primary N) is 1. The third kappa shape index (κ3) is 3.15. The number of carbonyl (C=O) groups excluding carboxylic acids is 1. The molecular weight excluding hydrogens is 244 g/mol. The summed E-state index contributed by atoms with van der Waals surface area (Å²) in [7, 11) is 1.58. The van der Waals surface area contributed by atoms with Crippen LogP contribution in [0.4, 0.5) is 10.5 Å². The Balaban J connectivity index is 2.07. The predicted molar refractivity (Wildman–Crippen MR) is 74.4 cm³/mol. The number of hydrogen-bond donors (Lipinski definition) is 3. The number of methoxy groups -OCH3 is 1.